The SMILES string of the molecule is [2H]C([2H])([2H])c1ccccc1-c1c[nH]c(=O)c2cc(O[C@H](C)C(=O)N3CCN(C(N)=O)CC3)ccc12. The van der Waals surface area contributed by atoms with Crippen molar-refractivity contribution in [1.29, 1.82) is 0 Å². The zero-order valence-corrected chi connectivity index (χ0v) is 17.6. The summed E-state index contributed by atoms with van der Waals surface area (Å²) in [5, 5.41) is 0.884. The molecule has 2 heterocycles. The number of aromatic nitrogens is 1. The molecule has 0 radical (unpaired) electrons. The van der Waals surface area contributed by atoms with Crippen molar-refractivity contribution in [3.8, 4) is 16.9 Å². The maximum absolute atomic E-state index is 12.8. The zero-order valence-electron chi connectivity index (χ0n) is 20.6. The van der Waals surface area contributed by atoms with Gasteiger partial charge in [-0.25, -0.2) is 4.79 Å². The summed E-state index contributed by atoms with van der Waals surface area (Å²) in [6.07, 6.45) is 0.694. The lowest BCUT2D eigenvalue weighted by Gasteiger charge is -2.35. The van der Waals surface area contributed by atoms with Crippen LogP contribution in [0.2, 0.25) is 0 Å². The van der Waals surface area contributed by atoms with Gasteiger partial charge in [-0.15, -0.1) is 0 Å². The van der Waals surface area contributed by atoms with Gasteiger partial charge in [0.25, 0.3) is 11.5 Å². The van der Waals surface area contributed by atoms with Crippen LogP contribution < -0.4 is 16.0 Å². The smallest absolute Gasteiger partial charge is 0.314 e. The fourth-order valence-electron chi connectivity index (χ4n) is 3.91. The minimum atomic E-state index is -2.32. The maximum atomic E-state index is 12.8. The monoisotopic (exact) mass is 437 g/mol. The van der Waals surface area contributed by atoms with Crippen LogP contribution in [0.15, 0.2) is 53.5 Å². The number of nitrogens with one attached hydrogen (secondary N) is 1. The Bertz CT molecular complexity index is 1330. The van der Waals surface area contributed by atoms with Crippen LogP contribution in [0.25, 0.3) is 21.9 Å². The summed E-state index contributed by atoms with van der Waals surface area (Å²) in [4.78, 5) is 42.5. The number of primary amides is 1. The first-order valence-corrected chi connectivity index (χ1v) is 10.3. The number of piperazine rings is 1. The highest BCUT2D eigenvalue weighted by Crippen LogP contribution is 2.30. The second kappa shape index (κ2) is 8.74. The number of carbonyl (C=O) groups excluding carboxylic acids is 2. The molecule has 0 unspecified atom stereocenters. The summed E-state index contributed by atoms with van der Waals surface area (Å²) in [5.74, 6) is 0.101. The molecule has 3 N–H and O–H groups in total. The van der Waals surface area contributed by atoms with E-state index in [0.29, 0.717) is 53.8 Å². The molecule has 1 aliphatic rings. The molecule has 2 aromatic carbocycles. The summed E-state index contributed by atoms with van der Waals surface area (Å²) in [6.45, 7) is 0.749. The third-order valence-electron chi connectivity index (χ3n) is 5.65. The number of benzene rings is 2. The lowest BCUT2D eigenvalue weighted by Crippen LogP contribution is -2.54. The molecule has 1 aliphatic heterocycles. The van der Waals surface area contributed by atoms with Crippen LogP contribution in [0.5, 0.6) is 5.75 Å². The molecule has 32 heavy (non-hydrogen) atoms. The quantitative estimate of drug-likeness (QED) is 0.654. The Labute approximate surface area is 189 Å². The second-order valence-electron chi connectivity index (χ2n) is 7.70. The van der Waals surface area contributed by atoms with Crippen molar-refractivity contribution in [3.05, 3.63) is 64.6 Å². The van der Waals surface area contributed by atoms with E-state index in [4.69, 9.17) is 14.6 Å². The highest BCUT2D eigenvalue weighted by Gasteiger charge is 2.27. The Hall–Kier alpha value is -3.81. The van der Waals surface area contributed by atoms with Gasteiger partial charge < -0.3 is 25.3 Å². The van der Waals surface area contributed by atoms with Gasteiger partial charge in [0.2, 0.25) is 0 Å². The maximum Gasteiger partial charge on any atom is 0.314 e. The number of amides is 3. The lowest BCUT2D eigenvalue weighted by molar-refractivity contribution is -0.139. The molecule has 8 nitrogen and oxygen atoms in total. The van der Waals surface area contributed by atoms with Crippen LogP contribution in [-0.2, 0) is 4.79 Å². The normalized spacial score (nSPS) is 16.7. The number of aryl methyl sites for hydroxylation is 1. The Kier molecular flexibility index (Phi) is 4.87. The van der Waals surface area contributed by atoms with Crippen molar-refractivity contribution in [1.82, 2.24) is 14.8 Å². The van der Waals surface area contributed by atoms with E-state index in [1.165, 1.54) is 11.1 Å². The summed E-state index contributed by atoms with van der Waals surface area (Å²) in [5.41, 5.74) is 6.19. The average molecular weight is 438 g/mol. The van der Waals surface area contributed by atoms with Gasteiger partial charge in [0.05, 0.1) is 5.39 Å². The topological polar surface area (TPSA) is 109 Å². The zero-order chi connectivity index (χ0) is 25.3. The number of H-pyrrole nitrogens is 1. The molecule has 3 aromatic rings. The first-order chi connectivity index (χ1) is 16.6. The van der Waals surface area contributed by atoms with Crippen LogP contribution >= 0.6 is 0 Å². The summed E-state index contributed by atoms with van der Waals surface area (Å²) >= 11 is 0. The number of urea groups is 1. The van der Waals surface area contributed by atoms with E-state index >= 15 is 0 Å². The van der Waals surface area contributed by atoms with Crippen molar-refractivity contribution in [3.63, 3.8) is 0 Å². The minimum absolute atomic E-state index is 0.185. The van der Waals surface area contributed by atoms with Crippen LogP contribution in [0.1, 0.15) is 16.6 Å². The van der Waals surface area contributed by atoms with Crippen molar-refractivity contribution >= 4 is 22.7 Å². The van der Waals surface area contributed by atoms with E-state index in [1.54, 1.807) is 54.3 Å². The van der Waals surface area contributed by atoms with Crippen LogP contribution in [0.3, 0.4) is 0 Å². The number of pyridine rings is 1. The van der Waals surface area contributed by atoms with Gasteiger partial charge in [-0.05, 0) is 48.5 Å². The minimum Gasteiger partial charge on any atom is -0.481 e. The molecule has 3 amide bonds. The number of hydrogen-bond acceptors (Lipinski definition) is 4. The number of fused-ring (bicyclic) bond motifs is 1. The predicted octanol–water partition coefficient (Wildman–Crippen LogP) is 2.49. The van der Waals surface area contributed by atoms with Gasteiger partial charge in [0.1, 0.15) is 5.75 Å². The Morgan fingerprint density at radius 2 is 1.78 bits per heavy atom. The first kappa shape index (κ1) is 17.8. The predicted molar refractivity (Wildman–Crippen MR) is 123 cm³/mol. The van der Waals surface area contributed by atoms with Gasteiger partial charge in [-0.1, -0.05) is 24.3 Å². The molecule has 4 rings (SSSR count). The third-order valence-corrected chi connectivity index (χ3v) is 5.65. The van der Waals surface area contributed by atoms with E-state index in [2.05, 4.69) is 4.98 Å². The molecule has 1 aromatic heterocycles. The van der Waals surface area contributed by atoms with E-state index in [0.717, 1.165) is 0 Å². The van der Waals surface area contributed by atoms with Gasteiger partial charge >= 0.3 is 6.03 Å². The van der Waals surface area contributed by atoms with E-state index < -0.39 is 19.0 Å². The third kappa shape index (κ3) is 4.16. The molecule has 1 fully saturated rings. The number of aromatic amines is 1. The van der Waals surface area contributed by atoms with Crippen LogP contribution in [0, 0.1) is 6.85 Å². The van der Waals surface area contributed by atoms with Crippen molar-refractivity contribution in [2.75, 3.05) is 26.2 Å². The number of carbonyl (C=O) groups is 2. The Balaban J connectivity index is 1.60. The summed E-state index contributed by atoms with van der Waals surface area (Å²) in [6, 6.07) is 11.0. The Morgan fingerprint density at radius 3 is 2.50 bits per heavy atom. The number of ether oxygens (including phenoxy) is 1. The molecule has 0 saturated carbocycles. The molecule has 0 spiro atoms. The fraction of sp³-hybridized carbons (Fsp3) is 0.292. The standard InChI is InChI=1S/C24H26N4O4/c1-15-5-3-4-6-18(15)21-14-26-22(29)20-13-17(7-8-19(20)21)32-16(2)23(30)27-9-11-28(12-10-27)24(25)31/h3-8,13-14,16H,9-12H2,1-2H3,(H2,25,31)(H,26,29)/t16-/m1/s1/i1D3. The van der Waals surface area contributed by atoms with E-state index in [-0.39, 0.29) is 17.0 Å². The highest BCUT2D eigenvalue weighted by atomic mass is 16.5. The van der Waals surface area contributed by atoms with Crippen molar-refractivity contribution in [2.24, 2.45) is 5.73 Å². The molecular formula is C24H26N4O4. The molecule has 8 heteroatoms. The molecule has 166 valence electrons. The van der Waals surface area contributed by atoms with Gasteiger partial charge in [-0.2, -0.15) is 0 Å². The van der Waals surface area contributed by atoms with E-state index in [9.17, 15) is 14.4 Å². The second-order valence-corrected chi connectivity index (χ2v) is 7.70. The lowest BCUT2D eigenvalue weighted by atomic mass is 9.97. The molecule has 0 aliphatic carbocycles. The number of nitrogens with two attached hydrogens (primary N) is 1. The molecule has 1 atom stereocenters. The van der Waals surface area contributed by atoms with Crippen molar-refractivity contribution in [2.45, 2.75) is 19.9 Å². The number of nitrogens with zero attached hydrogens (tertiary/aromatic N) is 2. The van der Waals surface area contributed by atoms with Crippen molar-refractivity contribution < 1.29 is 18.4 Å². The fourth-order valence-corrected chi connectivity index (χ4v) is 3.91. The van der Waals surface area contributed by atoms with Crippen LogP contribution in [0.4, 0.5) is 4.79 Å². The highest BCUT2D eigenvalue weighted by molar-refractivity contribution is 5.97. The molecule has 1 saturated heterocycles. The molecular weight excluding hydrogens is 408 g/mol. The summed E-state index contributed by atoms with van der Waals surface area (Å²) in [7, 11) is 0. The van der Waals surface area contributed by atoms with Gasteiger partial charge in [-0.3, -0.25) is 9.59 Å². The average Bonchev–Trinajstić information content (AvgIpc) is 2.83. The van der Waals surface area contributed by atoms with Crippen LogP contribution in [-0.4, -0.2) is 59.0 Å². The van der Waals surface area contributed by atoms with Gasteiger partial charge in [0.15, 0.2) is 6.10 Å². The Morgan fingerprint density at radius 1 is 1.06 bits per heavy atom. The largest absolute Gasteiger partial charge is 0.481 e. The number of hydrogen-bond donors (Lipinski definition) is 2. The van der Waals surface area contributed by atoms with E-state index in [1.807, 2.05) is 0 Å². The molecule has 0 bridgehead atoms. The first-order valence-electron chi connectivity index (χ1n) is 11.8. The number of rotatable bonds is 4. The summed E-state index contributed by atoms with van der Waals surface area (Å²) < 4.78 is 29.4. The van der Waals surface area contributed by atoms with Gasteiger partial charge in [0, 0.05) is 42.1 Å².